The van der Waals surface area contributed by atoms with Crippen LogP contribution in [0.1, 0.15) is 168 Å². The highest BCUT2D eigenvalue weighted by molar-refractivity contribution is 5.69. The highest BCUT2D eigenvalue weighted by Gasteiger charge is 2.44. The van der Waals surface area contributed by atoms with Crippen LogP contribution < -0.4 is 0 Å². The predicted molar refractivity (Wildman–Crippen MR) is 265 cm³/mol. The van der Waals surface area contributed by atoms with E-state index in [0.29, 0.717) is 6.61 Å². The van der Waals surface area contributed by atoms with Gasteiger partial charge < -0.3 is 39.4 Å². The molecule has 4 N–H and O–H groups in total. The zero-order valence-electron chi connectivity index (χ0n) is 40.0. The van der Waals surface area contributed by atoms with E-state index in [-0.39, 0.29) is 25.6 Å². The SMILES string of the molecule is CC/C=C\C/C=C\C/C=C\C/C=C\C/C=C\C/C=C\CCCOCC(COC1OC(CO)C(O)C(O)C1O)OC(=O)CCCCCCCC/C=C\C/C=C\C/C=C\CCCCCCC. The predicted octanol–water partition coefficient (Wildman–Crippen LogP) is 12.1. The average Bonchev–Trinajstić information content (AvgIpc) is 3.30. The van der Waals surface area contributed by atoms with E-state index in [1.165, 1.54) is 51.4 Å². The molecule has 9 nitrogen and oxygen atoms in total. The Morgan fingerprint density at radius 2 is 0.953 bits per heavy atom. The third-order valence-corrected chi connectivity index (χ3v) is 10.7. The normalized spacial score (nSPS) is 20.5. The molecule has 0 aromatic carbocycles. The summed E-state index contributed by atoms with van der Waals surface area (Å²) < 4.78 is 22.8. The second kappa shape index (κ2) is 45.0. The molecule has 0 aromatic rings. The van der Waals surface area contributed by atoms with E-state index >= 15 is 0 Å². The summed E-state index contributed by atoms with van der Waals surface area (Å²) in [7, 11) is 0. The number of hydrogen-bond acceptors (Lipinski definition) is 9. The number of esters is 1. The monoisotopic (exact) mass is 895 g/mol. The summed E-state index contributed by atoms with van der Waals surface area (Å²) in [6, 6.07) is 0. The number of unbranched alkanes of at least 4 members (excludes halogenated alkanes) is 12. The van der Waals surface area contributed by atoms with Crippen LogP contribution >= 0.6 is 0 Å². The molecule has 1 aliphatic heterocycles. The summed E-state index contributed by atoms with van der Waals surface area (Å²) in [5, 5.41) is 40.2. The van der Waals surface area contributed by atoms with Crippen molar-refractivity contribution < 1.29 is 44.2 Å². The Bertz CT molecular complexity index is 1340. The number of ether oxygens (including phenoxy) is 4. The van der Waals surface area contributed by atoms with Crippen LogP contribution in [0.5, 0.6) is 0 Å². The van der Waals surface area contributed by atoms with E-state index in [1.807, 2.05) is 0 Å². The molecule has 0 amide bonds. The Balaban J connectivity index is 2.30. The van der Waals surface area contributed by atoms with Gasteiger partial charge in [0.25, 0.3) is 0 Å². The van der Waals surface area contributed by atoms with E-state index in [9.17, 15) is 25.2 Å². The molecule has 0 radical (unpaired) electrons. The first kappa shape index (κ1) is 58.9. The number of carbonyl (C=O) groups excluding carboxylic acids is 1. The smallest absolute Gasteiger partial charge is 0.306 e. The van der Waals surface area contributed by atoms with Gasteiger partial charge in [0.05, 0.1) is 19.8 Å². The minimum atomic E-state index is -1.56. The number of hydrogen-bond donors (Lipinski definition) is 4. The maximum Gasteiger partial charge on any atom is 0.306 e. The largest absolute Gasteiger partial charge is 0.457 e. The summed E-state index contributed by atoms with van der Waals surface area (Å²) in [4.78, 5) is 12.8. The molecule has 1 aliphatic rings. The molecule has 364 valence electrons. The van der Waals surface area contributed by atoms with Gasteiger partial charge in [-0.2, -0.15) is 0 Å². The molecule has 0 aromatic heterocycles. The van der Waals surface area contributed by atoms with E-state index in [0.717, 1.165) is 96.3 Å². The first-order valence-electron chi connectivity index (χ1n) is 25.0. The van der Waals surface area contributed by atoms with Crippen molar-refractivity contribution in [3.8, 4) is 0 Å². The zero-order chi connectivity index (χ0) is 46.4. The van der Waals surface area contributed by atoms with Gasteiger partial charge in [-0.15, -0.1) is 0 Å². The lowest BCUT2D eigenvalue weighted by molar-refractivity contribution is -0.305. The Labute approximate surface area is 389 Å². The minimum Gasteiger partial charge on any atom is -0.457 e. The molecular formula is C55H90O9. The standard InChI is InChI=1S/C55H90O9/c1-3-5-7-9-11-13-15-17-19-21-23-25-26-28-30-32-34-36-38-40-42-44-51(57)63-49(48-62-55-54(60)53(59)52(58)50(46-56)64-55)47-61-45-43-41-39-37-35-33-31-29-27-24-22-20-18-16-14-12-10-8-6-4-2/h6,8,12,14-15,17-18,20-21,23-24,26-28,31,33,37,39,49-50,52-56,58-60H,3-5,7,9-11,13,16,19,22,25,29-30,32,34-36,38,40-48H2,1-2H3/b8-6-,14-12-,17-15-,20-18-,23-21-,27-24-,28-26-,33-31-,39-37-. The summed E-state index contributed by atoms with van der Waals surface area (Å²) in [6.07, 6.45) is 57.0. The average molecular weight is 895 g/mol. The number of aliphatic hydroxyl groups excluding tert-OH is 4. The van der Waals surface area contributed by atoms with E-state index < -0.39 is 43.4 Å². The Morgan fingerprint density at radius 1 is 0.516 bits per heavy atom. The van der Waals surface area contributed by atoms with Gasteiger partial charge in [-0.1, -0.05) is 175 Å². The topological polar surface area (TPSA) is 135 Å². The Morgan fingerprint density at radius 3 is 1.44 bits per heavy atom. The second-order valence-electron chi connectivity index (χ2n) is 16.5. The molecule has 0 aliphatic carbocycles. The third-order valence-electron chi connectivity index (χ3n) is 10.7. The van der Waals surface area contributed by atoms with Crippen molar-refractivity contribution in [2.45, 2.75) is 205 Å². The van der Waals surface area contributed by atoms with Gasteiger partial charge in [0.2, 0.25) is 0 Å². The van der Waals surface area contributed by atoms with Crippen LogP contribution in [-0.2, 0) is 23.7 Å². The molecular weight excluding hydrogens is 805 g/mol. The van der Waals surface area contributed by atoms with Crippen LogP contribution in [0.2, 0.25) is 0 Å². The fraction of sp³-hybridized carbons (Fsp3) is 0.655. The summed E-state index contributed by atoms with van der Waals surface area (Å²) in [5.41, 5.74) is 0. The summed E-state index contributed by atoms with van der Waals surface area (Å²) in [5.74, 6) is -0.350. The third kappa shape index (κ3) is 35.2. The number of aliphatic hydroxyl groups is 4. The van der Waals surface area contributed by atoms with Crippen LogP contribution in [-0.4, -0.2) is 89.6 Å². The molecule has 1 heterocycles. The molecule has 0 bridgehead atoms. The van der Waals surface area contributed by atoms with Gasteiger partial charge in [-0.05, 0) is 96.3 Å². The molecule has 1 saturated heterocycles. The van der Waals surface area contributed by atoms with Gasteiger partial charge in [0.15, 0.2) is 6.29 Å². The van der Waals surface area contributed by atoms with Gasteiger partial charge >= 0.3 is 5.97 Å². The van der Waals surface area contributed by atoms with Crippen molar-refractivity contribution in [1.29, 1.82) is 0 Å². The summed E-state index contributed by atoms with van der Waals surface area (Å²) >= 11 is 0. The second-order valence-corrected chi connectivity index (χ2v) is 16.5. The van der Waals surface area contributed by atoms with Crippen LogP contribution in [0, 0.1) is 0 Å². The fourth-order valence-corrected chi connectivity index (χ4v) is 6.81. The lowest BCUT2D eigenvalue weighted by Crippen LogP contribution is -2.59. The Hall–Kier alpha value is -3.15. The highest BCUT2D eigenvalue weighted by atomic mass is 16.7. The molecule has 6 unspecified atom stereocenters. The molecule has 1 rings (SSSR count). The van der Waals surface area contributed by atoms with Crippen molar-refractivity contribution in [3.05, 3.63) is 109 Å². The number of rotatable bonds is 41. The van der Waals surface area contributed by atoms with Gasteiger partial charge in [-0.25, -0.2) is 0 Å². The van der Waals surface area contributed by atoms with Crippen molar-refractivity contribution in [1.82, 2.24) is 0 Å². The quantitative estimate of drug-likeness (QED) is 0.0269. The minimum absolute atomic E-state index is 0.0916. The van der Waals surface area contributed by atoms with Crippen molar-refractivity contribution in [2.75, 3.05) is 26.4 Å². The molecule has 0 spiro atoms. The van der Waals surface area contributed by atoms with Gasteiger partial charge in [0.1, 0.15) is 30.5 Å². The fourth-order valence-electron chi connectivity index (χ4n) is 6.81. The number of carbonyl (C=O) groups is 1. The van der Waals surface area contributed by atoms with E-state index in [2.05, 4.69) is 123 Å². The van der Waals surface area contributed by atoms with Gasteiger partial charge in [-0.3, -0.25) is 4.79 Å². The molecule has 64 heavy (non-hydrogen) atoms. The van der Waals surface area contributed by atoms with Crippen molar-refractivity contribution in [2.24, 2.45) is 0 Å². The summed E-state index contributed by atoms with van der Waals surface area (Å²) in [6.45, 7) is 4.25. The van der Waals surface area contributed by atoms with Crippen molar-refractivity contribution in [3.63, 3.8) is 0 Å². The number of allylic oxidation sites excluding steroid dienone is 18. The zero-order valence-corrected chi connectivity index (χ0v) is 40.0. The lowest BCUT2D eigenvalue weighted by Gasteiger charge is -2.39. The molecule has 1 fully saturated rings. The van der Waals surface area contributed by atoms with Crippen LogP contribution in [0.3, 0.4) is 0 Å². The maximum atomic E-state index is 12.8. The van der Waals surface area contributed by atoms with Crippen LogP contribution in [0.4, 0.5) is 0 Å². The van der Waals surface area contributed by atoms with E-state index in [4.69, 9.17) is 18.9 Å². The van der Waals surface area contributed by atoms with Crippen LogP contribution in [0.15, 0.2) is 109 Å². The lowest BCUT2D eigenvalue weighted by atomic mass is 9.99. The van der Waals surface area contributed by atoms with E-state index in [1.54, 1.807) is 0 Å². The molecule has 0 saturated carbocycles. The Kier molecular flexibility index (Phi) is 41.4. The van der Waals surface area contributed by atoms with Gasteiger partial charge in [0, 0.05) is 13.0 Å². The van der Waals surface area contributed by atoms with Crippen LogP contribution in [0.25, 0.3) is 0 Å². The molecule has 9 heteroatoms. The highest BCUT2D eigenvalue weighted by Crippen LogP contribution is 2.22. The molecule has 6 atom stereocenters. The first-order chi connectivity index (χ1) is 31.4. The van der Waals surface area contributed by atoms with Crippen molar-refractivity contribution >= 4 is 5.97 Å². The first-order valence-corrected chi connectivity index (χ1v) is 25.0. The maximum absolute atomic E-state index is 12.8.